The van der Waals surface area contributed by atoms with Gasteiger partial charge in [-0.15, -0.1) is 0 Å². The van der Waals surface area contributed by atoms with Crippen molar-refractivity contribution in [1.82, 2.24) is 15.8 Å². The van der Waals surface area contributed by atoms with Gasteiger partial charge in [-0.3, -0.25) is 10.4 Å². The Morgan fingerprint density at radius 2 is 1.75 bits per heavy atom. The van der Waals surface area contributed by atoms with Gasteiger partial charge in [0.2, 0.25) is 0 Å². The highest BCUT2D eigenvalue weighted by molar-refractivity contribution is 5.51. The molecule has 4 nitrogen and oxygen atoms in total. The van der Waals surface area contributed by atoms with Crippen LogP contribution in [0.5, 0.6) is 0 Å². The van der Waals surface area contributed by atoms with Crippen molar-refractivity contribution >= 4 is 6.29 Å². The molecule has 0 saturated carbocycles. The van der Waals surface area contributed by atoms with Gasteiger partial charge in [-0.25, -0.2) is 5.43 Å². The van der Waals surface area contributed by atoms with E-state index in [4.69, 9.17) is 0 Å². The molecule has 0 spiro atoms. The fourth-order valence-corrected chi connectivity index (χ4v) is 2.88. The Labute approximate surface area is 118 Å². The molecule has 2 N–H and O–H groups in total. The number of hydrazine groups is 1. The molecule has 20 heavy (non-hydrogen) atoms. The smallest absolute Gasteiger partial charge is 0.121 e. The van der Waals surface area contributed by atoms with Crippen LogP contribution in [-0.4, -0.2) is 17.3 Å². The van der Waals surface area contributed by atoms with Crippen molar-refractivity contribution in [3.05, 3.63) is 66.0 Å². The second-order valence-corrected chi connectivity index (χ2v) is 4.99. The minimum Gasteiger partial charge on any atom is -0.303 e. The van der Waals surface area contributed by atoms with Crippen molar-refractivity contribution in [2.75, 3.05) is 0 Å². The summed E-state index contributed by atoms with van der Waals surface area (Å²) in [6.07, 6.45) is 5.06. The van der Waals surface area contributed by atoms with Crippen LogP contribution in [0, 0.1) is 0 Å². The molecule has 0 radical (unpaired) electrons. The molecule has 1 aliphatic heterocycles. The van der Waals surface area contributed by atoms with Gasteiger partial charge in [0.1, 0.15) is 6.29 Å². The van der Waals surface area contributed by atoms with Gasteiger partial charge in [-0.2, -0.15) is 0 Å². The minimum absolute atomic E-state index is 0.0973. The van der Waals surface area contributed by atoms with Gasteiger partial charge in [0.25, 0.3) is 0 Å². The van der Waals surface area contributed by atoms with Crippen molar-refractivity contribution in [1.29, 1.82) is 0 Å². The van der Waals surface area contributed by atoms with E-state index >= 15 is 0 Å². The fraction of sp³-hybridized carbons (Fsp3) is 0.250. The predicted molar refractivity (Wildman–Crippen MR) is 76.9 cm³/mol. The first-order valence-electron chi connectivity index (χ1n) is 6.79. The maximum absolute atomic E-state index is 10.9. The van der Waals surface area contributed by atoms with Gasteiger partial charge in [0, 0.05) is 30.8 Å². The first kappa shape index (κ1) is 13.0. The summed E-state index contributed by atoms with van der Waals surface area (Å²) >= 11 is 0. The zero-order chi connectivity index (χ0) is 13.8. The highest BCUT2D eigenvalue weighted by Gasteiger charge is 2.37. The normalized spacial score (nSPS) is 25.5. The third kappa shape index (κ3) is 2.48. The van der Waals surface area contributed by atoms with Gasteiger partial charge < -0.3 is 4.79 Å². The van der Waals surface area contributed by atoms with E-state index < -0.39 is 0 Å². The summed E-state index contributed by atoms with van der Waals surface area (Å²) in [6.45, 7) is 0. The van der Waals surface area contributed by atoms with Crippen LogP contribution < -0.4 is 10.9 Å². The lowest BCUT2D eigenvalue weighted by Crippen LogP contribution is -2.31. The molecule has 3 atom stereocenters. The molecule has 3 unspecified atom stereocenters. The average molecular weight is 267 g/mol. The van der Waals surface area contributed by atoms with Crippen LogP contribution in [0.1, 0.15) is 29.5 Å². The van der Waals surface area contributed by atoms with Gasteiger partial charge in [-0.1, -0.05) is 30.3 Å². The van der Waals surface area contributed by atoms with Crippen molar-refractivity contribution in [3.63, 3.8) is 0 Å². The summed E-state index contributed by atoms with van der Waals surface area (Å²) in [5.74, 6) is 0.214. The average Bonchev–Trinajstić information content (AvgIpc) is 2.93. The lowest BCUT2D eigenvalue weighted by molar-refractivity contribution is -0.108. The molecule has 102 valence electrons. The standard InChI is InChI=1S/C16H17N3O/c20-11-8-14-15(12-6-9-17-10-7-12)16(19-18-14)13-4-2-1-3-5-13/h1-7,9-11,14-16,18-19H,8H2. The summed E-state index contributed by atoms with van der Waals surface area (Å²) in [5.41, 5.74) is 8.99. The topological polar surface area (TPSA) is 54.0 Å². The van der Waals surface area contributed by atoms with E-state index in [1.165, 1.54) is 11.1 Å². The van der Waals surface area contributed by atoms with E-state index in [0.717, 1.165) is 6.29 Å². The minimum atomic E-state index is 0.0973. The lowest BCUT2D eigenvalue weighted by atomic mass is 9.83. The molecular weight excluding hydrogens is 250 g/mol. The molecule has 1 saturated heterocycles. The van der Waals surface area contributed by atoms with E-state index in [-0.39, 0.29) is 18.0 Å². The Morgan fingerprint density at radius 1 is 1.00 bits per heavy atom. The van der Waals surface area contributed by atoms with Crippen LogP contribution in [0.25, 0.3) is 0 Å². The lowest BCUT2D eigenvalue weighted by Gasteiger charge is -2.22. The molecule has 1 aliphatic rings. The van der Waals surface area contributed by atoms with Gasteiger partial charge in [0.05, 0.1) is 6.04 Å². The van der Waals surface area contributed by atoms with E-state index in [2.05, 4.69) is 28.0 Å². The molecule has 1 fully saturated rings. The van der Waals surface area contributed by atoms with Crippen LogP contribution in [0.2, 0.25) is 0 Å². The number of aromatic nitrogens is 1. The Morgan fingerprint density at radius 3 is 2.45 bits per heavy atom. The van der Waals surface area contributed by atoms with Crippen molar-refractivity contribution in [2.24, 2.45) is 0 Å². The number of hydrogen-bond acceptors (Lipinski definition) is 4. The van der Waals surface area contributed by atoms with E-state index in [1.54, 1.807) is 12.4 Å². The first-order chi connectivity index (χ1) is 9.90. The molecular formula is C16H17N3O. The molecule has 0 aliphatic carbocycles. The summed E-state index contributed by atoms with van der Waals surface area (Å²) in [4.78, 5) is 15.0. The molecule has 0 bridgehead atoms. The Balaban J connectivity index is 1.96. The van der Waals surface area contributed by atoms with Crippen LogP contribution in [0.15, 0.2) is 54.9 Å². The number of carbonyl (C=O) groups is 1. The number of aldehydes is 1. The quantitative estimate of drug-likeness (QED) is 0.832. The number of nitrogens with zero attached hydrogens (tertiary/aromatic N) is 1. The van der Waals surface area contributed by atoms with E-state index in [9.17, 15) is 4.79 Å². The van der Waals surface area contributed by atoms with Crippen LogP contribution in [0.4, 0.5) is 0 Å². The summed E-state index contributed by atoms with van der Waals surface area (Å²) < 4.78 is 0. The summed E-state index contributed by atoms with van der Waals surface area (Å²) in [6, 6.07) is 14.6. The van der Waals surface area contributed by atoms with Crippen LogP contribution in [-0.2, 0) is 4.79 Å². The third-order valence-electron chi connectivity index (χ3n) is 3.82. The van der Waals surface area contributed by atoms with Crippen molar-refractivity contribution in [2.45, 2.75) is 24.4 Å². The second kappa shape index (κ2) is 5.94. The molecule has 2 heterocycles. The number of hydrogen-bond donors (Lipinski definition) is 2. The molecule has 1 aromatic carbocycles. The summed E-state index contributed by atoms with van der Waals surface area (Å²) in [5, 5.41) is 0. The van der Waals surface area contributed by atoms with E-state index in [1.807, 2.05) is 30.3 Å². The second-order valence-electron chi connectivity index (χ2n) is 4.99. The molecule has 0 amide bonds. The number of carbonyl (C=O) groups excluding carboxylic acids is 1. The number of nitrogens with one attached hydrogen (secondary N) is 2. The monoisotopic (exact) mass is 267 g/mol. The van der Waals surface area contributed by atoms with Crippen molar-refractivity contribution < 1.29 is 4.79 Å². The maximum Gasteiger partial charge on any atom is 0.121 e. The zero-order valence-electron chi connectivity index (χ0n) is 11.1. The fourth-order valence-electron chi connectivity index (χ4n) is 2.88. The third-order valence-corrected chi connectivity index (χ3v) is 3.82. The Hall–Kier alpha value is -2.04. The molecule has 4 heteroatoms. The van der Waals surface area contributed by atoms with Gasteiger partial charge >= 0.3 is 0 Å². The summed E-state index contributed by atoms with van der Waals surface area (Å²) in [7, 11) is 0. The number of pyridine rings is 1. The van der Waals surface area contributed by atoms with Crippen LogP contribution >= 0.6 is 0 Å². The predicted octanol–water partition coefficient (Wildman–Crippen LogP) is 1.97. The van der Waals surface area contributed by atoms with E-state index in [0.29, 0.717) is 6.42 Å². The highest BCUT2D eigenvalue weighted by Crippen LogP contribution is 2.37. The van der Waals surface area contributed by atoms with Crippen LogP contribution in [0.3, 0.4) is 0 Å². The highest BCUT2D eigenvalue weighted by atomic mass is 16.1. The van der Waals surface area contributed by atoms with Crippen molar-refractivity contribution in [3.8, 4) is 0 Å². The Kier molecular flexibility index (Phi) is 3.85. The largest absolute Gasteiger partial charge is 0.303 e. The molecule has 2 aromatic rings. The number of benzene rings is 1. The van der Waals surface area contributed by atoms with Gasteiger partial charge in [-0.05, 0) is 23.3 Å². The molecule has 3 rings (SSSR count). The zero-order valence-corrected chi connectivity index (χ0v) is 11.1. The SMILES string of the molecule is O=CCC1NNC(c2ccccc2)C1c1ccncc1. The molecule has 1 aromatic heterocycles. The Bertz CT molecular complexity index is 558. The first-order valence-corrected chi connectivity index (χ1v) is 6.79. The maximum atomic E-state index is 10.9. The van der Waals surface area contributed by atoms with Gasteiger partial charge in [0.15, 0.2) is 0 Å². The number of rotatable bonds is 4.